The van der Waals surface area contributed by atoms with Crippen molar-refractivity contribution in [1.29, 1.82) is 0 Å². The number of para-hydroxylation sites is 2. The molecule has 0 saturated heterocycles. The van der Waals surface area contributed by atoms with E-state index in [4.69, 9.17) is 0 Å². The lowest BCUT2D eigenvalue weighted by Gasteiger charge is -2.16. The van der Waals surface area contributed by atoms with Gasteiger partial charge in [-0.3, -0.25) is 0 Å². The van der Waals surface area contributed by atoms with Crippen molar-refractivity contribution in [2.45, 2.75) is 11.8 Å². The second-order valence-electron chi connectivity index (χ2n) is 16.8. The smallest absolute Gasteiger partial charge is 0.0547 e. The van der Waals surface area contributed by atoms with Gasteiger partial charge in [-0.2, -0.15) is 0 Å². The van der Waals surface area contributed by atoms with Crippen LogP contribution in [0.25, 0.3) is 82.8 Å². The normalized spacial score (nSPS) is 14.9. The first-order valence-electron chi connectivity index (χ1n) is 21.4. The number of fused-ring (bicyclic) bond motifs is 10. The van der Waals surface area contributed by atoms with Crippen LogP contribution in [0.3, 0.4) is 0 Å². The number of nitrogens with zero attached hydrogens (tertiary/aromatic N) is 1. The SMILES string of the molecule is c1ccc(-c2ccc(C3c4ccc(-c5ccc6c(c5)-c5ccccc5C6c5ccc6ccccc6c5)cc4-c4cc5c(cc43)c3ccccc3n5-c3ccccc3)cc2)cc1. The molecule has 10 aromatic carbocycles. The number of hydrogen-bond donors (Lipinski definition) is 0. The Kier molecular flexibility index (Phi) is 7.50. The first-order chi connectivity index (χ1) is 30.2. The third-order valence-corrected chi connectivity index (χ3v) is 13.5. The van der Waals surface area contributed by atoms with Crippen LogP contribution in [-0.4, -0.2) is 4.57 Å². The number of benzene rings is 10. The van der Waals surface area contributed by atoms with Crippen molar-refractivity contribution >= 4 is 32.6 Å². The molecule has 1 nitrogen and oxygen atoms in total. The molecule has 2 atom stereocenters. The van der Waals surface area contributed by atoms with E-state index in [2.05, 4.69) is 229 Å². The minimum absolute atomic E-state index is 0.113. The number of rotatable bonds is 5. The molecule has 1 aromatic heterocycles. The van der Waals surface area contributed by atoms with Gasteiger partial charge in [0, 0.05) is 28.3 Å². The van der Waals surface area contributed by atoms with Crippen LogP contribution in [0.4, 0.5) is 0 Å². The van der Waals surface area contributed by atoms with Gasteiger partial charge in [0.05, 0.1) is 11.0 Å². The molecule has 0 radical (unpaired) electrons. The molecule has 13 rings (SSSR count). The van der Waals surface area contributed by atoms with E-state index in [-0.39, 0.29) is 11.8 Å². The zero-order valence-electron chi connectivity index (χ0n) is 33.5. The average molecular weight is 774 g/mol. The van der Waals surface area contributed by atoms with Crippen molar-refractivity contribution in [3.05, 3.63) is 258 Å². The predicted octanol–water partition coefficient (Wildman–Crippen LogP) is 15.6. The highest BCUT2D eigenvalue weighted by Gasteiger charge is 2.33. The fourth-order valence-corrected chi connectivity index (χ4v) is 10.7. The van der Waals surface area contributed by atoms with E-state index in [9.17, 15) is 0 Å². The van der Waals surface area contributed by atoms with Crippen molar-refractivity contribution < 1.29 is 0 Å². The molecule has 0 spiro atoms. The lowest BCUT2D eigenvalue weighted by Crippen LogP contribution is -2.00. The maximum Gasteiger partial charge on any atom is 0.0547 e. The summed E-state index contributed by atoms with van der Waals surface area (Å²) in [5.41, 5.74) is 22.0. The Morgan fingerprint density at radius 1 is 0.279 bits per heavy atom. The Bertz CT molecular complexity index is 3520. The van der Waals surface area contributed by atoms with Crippen LogP contribution in [-0.2, 0) is 0 Å². The molecular weight excluding hydrogens is 735 g/mol. The average Bonchev–Trinajstić information content (AvgIpc) is 3.96. The van der Waals surface area contributed by atoms with Gasteiger partial charge in [0.1, 0.15) is 0 Å². The molecule has 61 heavy (non-hydrogen) atoms. The molecule has 0 amide bonds. The maximum atomic E-state index is 2.50. The molecular formula is C60H39N. The zero-order chi connectivity index (χ0) is 40.0. The van der Waals surface area contributed by atoms with Crippen molar-refractivity contribution in [3.63, 3.8) is 0 Å². The minimum Gasteiger partial charge on any atom is -0.309 e. The standard InChI is InChI=1S/C60H39N/c1-3-13-38(14-4-1)40-23-26-41(27-24-40)59-51-32-30-44(35-53(51)54-37-58-55(36-56(54)59)48-20-11-12-22-57(48)61(58)46-17-5-2-6-18-46)43-29-31-50-52(34-43)47-19-9-10-21-49(47)60(50)45-28-25-39-15-7-8-16-42(39)33-45/h1-37,59-60H. The summed E-state index contributed by atoms with van der Waals surface area (Å²) in [6.45, 7) is 0. The van der Waals surface area contributed by atoms with Crippen LogP contribution in [0.2, 0.25) is 0 Å². The third kappa shape index (κ3) is 5.27. The van der Waals surface area contributed by atoms with Crippen LogP contribution < -0.4 is 0 Å². The summed E-state index contributed by atoms with van der Waals surface area (Å²) in [7, 11) is 0. The van der Waals surface area contributed by atoms with Gasteiger partial charge in [0.15, 0.2) is 0 Å². The van der Waals surface area contributed by atoms with Crippen LogP contribution in [0.5, 0.6) is 0 Å². The molecule has 0 aliphatic heterocycles. The monoisotopic (exact) mass is 773 g/mol. The van der Waals surface area contributed by atoms with Crippen LogP contribution in [0.1, 0.15) is 45.2 Å². The van der Waals surface area contributed by atoms with Crippen LogP contribution >= 0.6 is 0 Å². The van der Waals surface area contributed by atoms with Gasteiger partial charge in [0.25, 0.3) is 0 Å². The maximum absolute atomic E-state index is 2.50. The van der Waals surface area contributed by atoms with Gasteiger partial charge in [-0.25, -0.2) is 0 Å². The van der Waals surface area contributed by atoms with E-state index in [1.54, 1.807) is 0 Å². The Morgan fingerprint density at radius 2 is 0.836 bits per heavy atom. The molecule has 1 heterocycles. The molecule has 284 valence electrons. The van der Waals surface area contributed by atoms with Crippen LogP contribution in [0, 0.1) is 0 Å². The fraction of sp³-hybridized carbons (Fsp3) is 0.0333. The summed E-state index contributed by atoms with van der Waals surface area (Å²) in [6.07, 6.45) is 0. The predicted molar refractivity (Wildman–Crippen MR) is 255 cm³/mol. The summed E-state index contributed by atoms with van der Waals surface area (Å²) in [5.74, 6) is 0.311. The topological polar surface area (TPSA) is 4.93 Å². The number of hydrogen-bond acceptors (Lipinski definition) is 0. The van der Waals surface area contributed by atoms with Crippen molar-refractivity contribution in [1.82, 2.24) is 4.57 Å². The molecule has 11 aromatic rings. The first kappa shape index (κ1) is 34.2. The summed E-state index contributed by atoms with van der Waals surface area (Å²) >= 11 is 0. The quantitative estimate of drug-likeness (QED) is 0.164. The third-order valence-electron chi connectivity index (χ3n) is 13.5. The number of aromatic nitrogens is 1. The highest BCUT2D eigenvalue weighted by molar-refractivity contribution is 6.11. The largest absolute Gasteiger partial charge is 0.309 e. The van der Waals surface area contributed by atoms with Gasteiger partial charge < -0.3 is 4.57 Å². The lowest BCUT2D eigenvalue weighted by molar-refractivity contribution is 1.02. The van der Waals surface area contributed by atoms with Gasteiger partial charge in [-0.15, -0.1) is 0 Å². The Morgan fingerprint density at radius 3 is 1.62 bits per heavy atom. The van der Waals surface area contributed by atoms with Crippen LogP contribution in [0.15, 0.2) is 224 Å². The second kappa shape index (κ2) is 13.4. The first-order valence-corrected chi connectivity index (χ1v) is 21.4. The molecule has 0 N–H and O–H groups in total. The Balaban J connectivity index is 0.986. The molecule has 2 aliphatic rings. The van der Waals surface area contributed by atoms with Gasteiger partial charge in [0.2, 0.25) is 0 Å². The van der Waals surface area contributed by atoms with Crippen molar-refractivity contribution in [2.24, 2.45) is 0 Å². The molecule has 2 unspecified atom stereocenters. The zero-order valence-corrected chi connectivity index (χ0v) is 33.5. The summed E-state index contributed by atoms with van der Waals surface area (Å²) in [5, 5.41) is 5.13. The molecule has 2 aliphatic carbocycles. The van der Waals surface area contributed by atoms with E-state index in [1.165, 1.54) is 116 Å². The molecule has 1 heteroatoms. The lowest BCUT2D eigenvalue weighted by atomic mass is 9.87. The summed E-state index contributed by atoms with van der Waals surface area (Å²) < 4.78 is 2.44. The molecule has 0 bridgehead atoms. The van der Waals surface area contributed by atoms with E-state index < -0.39 is 0 Å². The van der Waals surface area contributed by atoms with E-state index in [1.807, 2.05) is 0 Å². The van der Waals surface area contributed by atoms with Gasteiger partial charge >= 0.3 is 0 Å². The van der Waals surface area contributed by atoms with Gasteiger partial charge in [-0.05, 0) is 131 Å². The second-order valence-corrected chi connectivity index (χ2v) is 16.8. The summed E-state index contributed by atoms with van der Waals surface area (Å²) in [4.78, 5) is 0. The van der Waals surface area contributed by atoms with Crippen molar-refractivity contribution in [3.8, 4) is 50.2 Å². The Labute approximate surface area is 355 Å². The molecule has 0 fully saturated rings. The van der Waals surface area contributed by atoms with E-state index in [0.717, 1.165) is 0 Å². The van der Waals surface area contributed by atoms with Gasteiger partial charge in [-0.1, -0.05) is 182 Å². The highest BCUT2D eigenvalue weighted by Crippen LogP contribution is 2.53. The van der Waals surface area contributed by atoms with E-state index >= 15 is 0 Å². The molecule has 0 saturated carbocycles. The van der Waals surface area contributed by atoms with E-state index in [0.29, 0.717) is 0 Å². The summed E-state index contributed by atoms with van der Waals surface area (Å²) in [6, 6.07) is 83.8. The van der Waals surface area contributed by atoms with Crippen molar-refractivity contribution in [2.75, 3.05) is 0 Å². The Hall–Kier alpha value is -7.74. The minimum atomic E-state index is 0.113. The fourth-order valence-electron chi connectivity index (χ4n) is 10.7. The highest BCUT2D eigenvalue weighted by atomic mass is 15.0.